The maximum absolute atomic E-state index is 13.0. The van der Waals surface area contributed by atoms with Crippen molar-refractivity contribution in [3.8, 4) is 5.88 Å². The number of thiazole rings is 1. The Morgan fingerprint density at radius 2 is 2.00 bits per heavy atom. The molecule has 0 bridgehead atoms. The first-order valence-electron chi connectivity index (χ1n) is 9.76. The van der Waals surface area contributed by atoms with Gasteiger partial charge < -0.3 is 5.11 Å². The van der Waals surface area contributed by atoms with Crippen LogP contribution >= 0.6 is 11.3 Å². The van der Waals surface area contributed by atoms with Gasteiger partial charge in [0, 0.05) is 13.0 Å². The first-order valence-corrected chi connectivity index (χ1v) is 10.6. The molecule has 3 aromatic rings. The van der Waals surface area contributed by atoms with Gasteiger partial charge >= 0.3 is 6.18 Å². The third-order valence-electron chi connectivity index (χ3n) is 5.42. The molecule has 9 heteroatoms. The molecule has 1 saturated heterocycles. The molecule has 3 heterocycles. The number of halogens is 3. The normalized spacial score (nSPS) is 19.7. The quantitative estimate of drug-likeness (QED) is 0.647. The highest BCUT2D eigenvalue weighted by molar-refractivity contribution is 7.17. The molecule has 1 aliphatic heterocycles. The van der Waals surface area contributed by atoms with E-state index in [4.69, 9.17) is 0 Å². The van der Waals surface area contributed by atoms with Crippen molar-refractivity contribution in [2.45, 2.75) is 45.3 Å². The van der Waals surface area contributed by atoms with Gasteiger partial charge in [-0.3, -0.25) is 4.90 Å². The first-order chi connectivity index (χ1) is 13.8. The van der Waals surface area contributed by atoms with Crippen LogP contribution in [0.1, 0.15) is 54.6 Å². The Labute approximate surface area is 170 Å². The predicted octanol–water partition coefficient (Wildman–Crippen LogP) is 4.90. The van der Waals surface area contributed by atoms with E-state index in [1.807, 2.05) is 6.92 Å². The minimum atomic E-state index is -4.38. The Morgan fingerprint density at radius 3 is 2.59 bits per heavy atom. The molecule has 5 nitrogen and oxygen atoms in total. The Balaban J connectivity index is 1.78. The second-order valence-electron chi connectivity index (χ2n) is 7.63. The maximum atomic E-state index is 13.0. The van der Waals surface area contributed by atoms with Gasteiger partial charge in [-0.2, -0.15) is 17.7 Å². The lowest BCUT2D eigenvalue weighted by molar-refractivity contribution is -0.137. The van der Waals surface area contributed by atoms with E-state index in [9.17, 15) is 18.3 Å². The fourth-order valence-corrected chi connectivity index (χ4v) is 5.10. The zero-order valence-corrected chi connectivity index (χ0v) is 17.1. The average molecular weight is 424 g/mol. The van der Waals surface area contributed by atoms with E-state index in [1.165, 1.54) is 28.0 Å². The number of hydrogen-bond donors (Lipinski definition) is 1. The number of hydrogen-bond acceptors (Lipinski definition) is 5. The highest BCUT2D eigenvalue weighted by atomic mass is 32.1. The summed E-state index contributed by atoms with van der Waals surface area (Å²) in [6, 6.07) is 4.91. The fraction of sp³-hybridized carbons (Fsp3) is 0.500. The molecule has 29 heavy (non-hydrogen) atoms. The number of piperidine rings is 1. The smallest absolute Gasteiger partial charge is 0.416 e. The van der Waals surface area contributed by atoms with Crippen molar-refractivity contribution < 1.29 is 18.3 Å². The van der Waals surface area contributed by atoms with Crippen molar-refractivity contribution in [2.75, 3.05) is 13.1 Å². The van der Waals surface area contributed by atoms with Gasteiger partial charge in [0.2, 0.25) is 10.8 Å². The predicted molar refractivity (Wildman–Crippen MR) is 105 cm³/mol. The number of alkyl halides is 3. The number of benzene rings is 1. The first kappa shape index (κ1) is 20.2. The van der Waals surface area contributed by atoms with Gasteiger partial charge in [0.1, 0.15) is 0 Å². The monoisotopic (exact) mass is 424 g/mol. The second-order valence-corrected chi connectivity index (χ2v) is 8.64. The van der Waals surface area contributed by atoms with E-state index in [2.05, 4.69) is 21.9 Å². The molecule has 0 unspecified atom stereocenters. The van der Waals surface area contributed by atoms with E-state index in [0.717, 1.165) is 43.6 Å². The summed E-state index contributed by atoms with van der Waals surface area (Å²) in [5.74, 6) is 1.15. The van der Waals surface area contributed by atoms with E-state index < -0.39 is 11.7 Å². The van der Waals surface area contributed by atoms with Gasteiger partial charge in [-0.1, -0.05) is 37.3 Å². The summed E-state index contributed by atoms with van der Waals surface area (Å²) in [6.45, 7) is 5.76. The molecule has 2 aromatic heterocycles. The maximum Gasteiger partial charge on any atom is 0.416 e. The van der Waals surface area contributed by atoms with Crippen LogP contribution in [-0.4, -0.2) is 37.7 Å². The van der Waals surface area contributed by atoms with Crippen LogP contribution in [0.25, 0.3) is 4.96 Å². The van der Waals surface area contributed by atoms with Crippen LogP contribution in [0, 0.1) is 5.92 Å². The highest BCUT2D eigenvalue weighted by Gasteiger charge is 2.34. The lowest BCUT2D eigenvalue weighted by atomic mass is 9.95. The molecule has 1 N–H and O–H groups in total. The third-order valence-corrected chi connectivity index (χ3v) is 6.49. The van der Waals surface area contributed by atoms with Crippen LogP contribution in [0.4, 0.5) is 13.2 Å². The molecule has 2 atom stereocenters. The summed E-state index contributed by atoms with van der Waals surface area (Å²) in [7, 11) is 0. The van der Waals surface area contributed by atoms with Crippen LogP contribution in [0.2, 0.25) is 0 Å². The van der Waals surface area contributed by atoms with Crippen molar-refractivity contribution in [3.63, 3.8) is 0 Å². The van der Waals surface area contributed by atoms with E-state index >= 15 is 0 Å². The van der Waals surface area contributed by atoms with Gasteiger partial charge in [0.15, 0.2) is 5.82 Å². The minimum absolute atomic E-state index is 0.0142. The lowest BCUT2D eigenvalue weighted by Gasteiger charge is -2.37. The number of fused-ring (bicyclic) bond motifs is 1. The number of nitrogens with zero attached hydrogens (tertiary/aromatic N) is 4. The van der Waals surface area contributed by atoms with Crippen molar-refractivity contribution in [2.24, 2.45) is 5.92 Å². The zero-order valence-electron chi connectivity index (χ0n) is 16.3. The summed E-state index contributed by atoms with van der Waals surface area (Å²) in [6.07, 6.45) is -1.58. The Morgan fingerprint density at radius 1 is 1.28 bits per heavy atom. The van der Waals surface area contributed by atoms with Crippen LogP contribution in [0.3, 0.4) is 0 Å². The summed E-state index contributed by atoms with van der Waals surface area (Å²) in [4.78, 5) is 7.93. The minimum Gasteiger partial charge on any atom is -0.492 e. The number of rotatable bonds is 4. The Hall–Kier alpha value is -2.13. The van der Waals surface area contributed by atoms with E-state index in [-0.39, 0.29) is 11.9 Å². The van der Waals surface area contributed by atoms with E-state index in [0.29, 0.717) is 28.0 Å². The van der Waals surface area contributed by atoms with Crippen molar-refractivity contribution in [1.82, 2.24) is 19.5 Å². The molecule has 156 valence electrons. The Kier molecular flexibility index (Phi) is 5.29. The summed E-state index contributed by atoms with van der Waals surface area (Å²) < 4.78 is 40.5. The fourth-order valence-electron chi connectivity index (χ4n) is 3.96. The van der Waals surface area contributed by atoms with Crippen LogP contribution in [0.15, 0.2) is 24.3 Å². The molecule has 0 radical (unpaired) electrons. The van der Waals surface area contributed by atoms with Crippen molar-refractivity contribution in [1.29, 1.82) is 0 Å². The van der Waals surface area contributed by atoms with Gasteiger partial charge in [0.25, 0.3) is 0 Å². The molecule has 0 spiro atoms. The number of aromatic nitrogens is 3. The second kappa shape index (κ2) is 7.60. The summed E-state index contributed by atoms with van der Waals surface area (Å²) in [5, 5.41) is 15.2. The highest BCUT2D eigenvalue weighted by Crippen LogP contribution is 2.42. The molecule has 1 fully saturated rings. The SMILES string of the molecule is CCc1nc2sc([C@H](c3ccc(C(F)(F)F)cc3)N3CCC[C@@H](C)C3)c(O)n2n1. The standard InChI is InChI=1S/C20H23F3N4OS/c1-3-15-24-19-27(25-15)18(28)17(29-19)16(26-10-4-5-12(2)11-26)13-6-8-14(9-7-13)20(21,22)23/h6-9,12,16,28H,3-5,10-11H2,1-2H3/t12-,16+/m1/s1. The molecule has 1 aliphatic rings. The van der Waals surface area contributed by atoms with Gasteiger partial charge in [-0.05, 0) is 43.0 Å². The zero-order chi connectivity index (χ0) is 20.8. The van der Waals surface area contributed by atoms with Crippen molar-refractivity contribution in [3.05, 3.63) is 46.1 Å². The van der Waals surface area contributed by atoms with Gasteiger partial charge in [-0.25, -0.2) is 4.98 Å². The van der Waals surface area contributed by atoms with Gasteiger partial charge in [-0.15, -0.1) is 5.10 Å². The topological polar surface area (TPSA) is 53.7 Å². The van der Waals surface area contributed by atoms with E-state index in [1.54, 1.807) is 0 Å². The van der Waals surface area contributed by atoms with Crippen molar-refractivity contribution >= 4 is 16.3 Å². The third kappa shape index (κ3) is 3.85. The molecule has 1 aromatic carbocycles. The molecule has 4 rings (SSSR count). The Bertz CT molecular complexity index is 996. The number of aromatic hydroxyl groups is 1. The molecule has 0 aliphatic carbocycles. The summed E-state index contributed by atoms with van der Waals surface area (Å²) in [5.41, 5.74) is 0.0501. The number of likely N-dealkylation sites (tertiary alicyclic amines) is 1. The number of aryl methyl sites for hydroxylation is 1. The molecule has 0 amide bonds. The average Bonchev–Trinajstić information content (AvgIpc) is 3.21. The van der Waals surface area contributed by atoms with Gasteiger partial charge in [0.05, 0.1) is 16.5 Å². The molecule has 0 saturated carbocycles. The lowest BCUT2D eigenvalue weighted by Crippen LogP contribution is -2.37. The molecular formula is C20H23F3N4OS. The summed E-state index contributed by atoms with van der Waals surface area (Å²) >= 11 is 1.34. The van der Waals surface area contributed by atoms with Crippen LogP contribution in [0.5, 0.6) is 5.88 Å². The van der Waals surface area contributed by atoms with Crippen LogP contribution in [-0.2, 0) is 12.6 Å². The van der Waals surface area contributed by atoms with Crippen LogP contribution < -0.4 is 0 Å². The molecular weight excluding hydrogens is 401 g/mol. The largest absolute Gasteiger partial charge is 0.492 e.